The molecule has 366 valence electrons. The number of aromatic amines is 1. The van der Waals surface area contributed by atoms with Gasteiger partial charge in [0.05, 0.1) is 28.9 Å². The highest BCUT2D eigenvalue weighted by Crippen LogP contribution is 2.55. The van der Waals surface area contributed by atoms with Crippen LogP contribution in [0.4, 0.5) is 17.2 Å². The fourth-order valence-corrected chi connectivity index (χ4v) is 13.8. The van der Waals surface area contributed by atoms with Crippen LogP contribution in [-0.4, -0.2) is 93.1 Å². The normalized spacial score (nSPS) is 22.1. The number of fused-ring (bicyclic) bond motifs is 1. The van der Waals surface area contributed by atoms with Crippen molar-refractivity contribution in [3.63, 3.8) is 0 Å². The third kappa shape index (κ3) is 10.1. The summed E-state index contributed by atoms with van der Waals surface area (Å²) in [5.74, 6) is 1.44. The van der Waals surface area contributed by atoms with E-state index in [1.54, 1.807) is 35.5 Å². The van der Waals surface area contributed by atoms with Gasteiger partial charge in [-0.25, -0.2) is 31.7 Å². The van der Waals surface area contributed by atoms with E-state index in [0.29, 0.717) is 46.9 Å². The Balaban J connectivity index is 0.812. The maximum absolute atomic E-state index is 14.0. The van der Waals surface area contributed by atoms with Crippen LogP contribution in [0.5, 0.6) is 11.5 Å². The molecule has 1 spiro atoms. The standard InChI is InChI=1S/C51H63N9O7S2/c1-3-68(64,4-2)56-37-15-11-34(12-16-37)31-53-49-46(60(62)63)28-41(33-55-49)69(65,66)57-50(61)44-18-17-38(27-47(44)67-40-26-36-19-22-52-48(36)54-32-40)58-24-20-51(21-25-58)29-39(30-51)59-23-7-10-45(59)43-9-6-5-8-42(43)35-13-14-35/h5-6,8-9,17-19,22,26-28,32-35,37,39,45H,3-4,7,10-16,20-21,23-25,29-31H2,1-2H3,(H,52,54)(H,53,55)(H,57,61)/t34?,37?,45-/m0/s1. The molecule has 2 aliphatic heterocycles. The van der Waals surface area contributed by atoms with E-state index in [-0.39, 0.29) is 29.1 Å². The Morgan fingerprint density at radius 1 is 0.913 bits per heavy atom. The van der Waals surface area contributed by atoms with Crippen LogP contribution in [0.25, 0.3) is 11.0 Å². The Labute approximate surface area is 404 Å². The molecule has 0 unspecified atom stereocenters. The molecule has 2 aromatic carbocycles. The number of amides is 1. The number of sulfonamides is 1. The minimum Gasteiger partial charge on any atom is -0.455 e. The molecule has 69 heavy (non-hydrogen) atoms. The second-order valence-corrected chi connectivity index (χ2v) is 24.6. The zero-order chi connectivity index (χ0) is 47.9. The molecule has 5 fully saturated rings. The molecule has 3 aromatic heterocycles. The molecule has 0 bridgehead atoms. The summed E-state index contributed by atoms with van der Waals surface area (Å²) < 4.78 is 53.6. The molecule has 18 heteroatoms. The molecule has 2 saturated heterocycles. The first-order chi connectivity index (χ1) is 33.3. The summed E-state index contributed by atoms with van der Waals surface area (Å²) >= 11 is 0. The van der Waals surface area contributed by atoms with E-state index in [1.165, 1.54) is 51.3 Å². The molecule has 5 heterocycles. The van der Waals surface area contributed by atoms with Crippen LogP contribution in [0.1, 0.15) is 124 Å². The van der Waals surface area contributed by atoms with Gasteiger partial charge in [0.2, 0.25) is 5.82 Å². The van der Waals surface area contributed by atoms with Crippen LogP contribution >= 0.6 is 0 Å². The van der Waals surface area contributed by atoms with Crippen molar-refractivity contribution in [1.29, 1.82) is 0 Å². The average Bonchev–Trinajstić information content (AvgIpc) is 3.89. The maximum atomic E-state index is 14.0. The molecule has 5 aromatic rings. The molecule has 10 rings (SSSR count). The van der Waals surface area contributed by atoms with Gasteiger partial charge in [0, 0.05) is 82.4 Å². The number of rotatable bonds is 16. The van der Waals surface area contributed by atoms with Crippen molar-refractivity contribution < 1.29 is 27.1 Å². The number of pyridine rings is 2. The number of nitro groups is 1. The number of ether oxygens (including phenoxy) is 1. The Bertz CT molecular complexity index is 2950. The van der Waals surface area contributed by atoms with E-state index < -0.39 is 41.2 Å². The summed E-state index contributed by atoms with van der Waals surface area (Å²) in [4.78, 5) is 41.9. The van der Waals surface area contributed by atoms with Crippen LogP contribution < -0.4 is 19.7 Å². The fraction of sp³-hybridized carbons (Fsp3) is 0.510. The lowest BCUT2D eigenvalue weighted by Crippen LogP contribution is -2.54. The highest BCUT2D eigenvalue weighted by atomic mass is 32.2. The molecular formula is C51H63N9O7S2. The summed E-state index contributed by atoms with van der Waals surface area (Å²) in [5.41, 5.74) is 4.38. The third-order valence-electron chi connectivity index (χ3n) is 15.7. The molecule has 16 nitrogen and oxygen atoms in total. The van der Waals surface area contributed by atoms with Crippen LogP contribution in [0, 0.1) is 21.4 Å². The van der Waals surface area contributed by atoms with Gasteiger partial charge in [0.25, 0.3) is 15.9 Å². The molecule has 1 amide bonds. The van der Waals surface area contributed by atoms with E-state index in [1.807, 2.05) is 26.0 Å². The van der Waals surface area contributed by atoms with Gasteiger partial charge in [0.1, 0.15) is 22.0 Å². The molecule has 0 radical (unpaired) electrons. The first-order valence-electron chi connectivity index (χ1n) is 24.8. The van der Waals surface area contributed by atoms with Crippen molar-refractivity contribution in [3.8, 4) is 11.5 Å². The third-order valence-corrected chi connectivity index (χ3v) is 19.5. The van der Waals surface area contributed by atoms with Gasteiger partial charge in [-0.3, -0.25) is 19.8 Å². The van der Waals surface area contributed by atoms with Crippen molar-refractivity contribution >= 4 is 53.9 Å². The molecule has 3 aliphatic carbocycles. The van der Waals surface area contributed by atoms with Gasteiger partial charge >= 0.3 is 5.69 Å². The van der Waals surface area contributed by atoms with Gasteiger partial charge < -0.3 is 19.9 Å². The number of benzene rings is 2. The first-order valence-corrected chi connectivity index (χ1v) is 28.2. The van der Waals surface area contributed by atoms with Gasteiger partial charge in [-0.15, -0.1) is 0 Å². The van der Waals surface area contributed by atoms with Gasteiger partial charge in [0.15, 0.2) is 0 Å². The van der Waals surface area contributed by atoms with E-state index in [4.69, 9.17) is 4.74 Å². The summed E-state index contributed by atoms with van der Waals surface area (Å²) in [6, 6.07) is 20.0. The number of carbonyl (C=O) groups is 1. The quantitative estimate of drug-likeness (QED) is 0.0624. The number of hydrogen-bond donors (Lipinski definition) is 3. The monoisotopic (exact) mass is 977 g/mol. The van der Waals surface area contributed by atoms with E-state index in [9.17, 15) is 27.5 Å². The summed E-state index contributed by atoms with van der Waals surface area (Å²) in [7, 11) is -6.84. The minimum absolute atomic E-state index is 0.0321. The Morgan fingerprint density at radius 3 is 2.39 bits per heavy atom. The minimum atomic E-state index is -4.64. The number of anilines is 2. The van der Waals surface area contributed by atoms with Gasteiger partial charge in [-0.2, -0.15) is 0 Å². The van der Waals surface area contributed by atoms with Crippen LogP contribution in [0.15, 0.2) is 88.5 Å². The van der Waals surface area contributed by atoms with E-state index in [0.717, 1.165) is 80.9 Å². The Morgan fingerprint density at radius 2 is 1.67 bits per heavy atom. The SMILES string of the molecule is CCS(=O)(CC)=NC1CCC(CNc2ncc(S(=O)(=O)NC(=O)c3ccc(N4CCC5(CC4)CC(N4CCC[C@H]4c4ccccc4C4CC4)C5)cc3Oc3cnc4[nH]ccc4c3)cc2[N+](=O)[O-])CC1. The summed E-state index contributed by atoms with van der Waals surface area (Å²) in [5, 5.41) is 16.1. The molecule has 1 atom stereocenters. The Kier molecular flexibility index (Phi) is 13.2. The second kappa shape index (κ2) is 19.3. The van der Waals surface area contributed by atoms with Gasteiger partial charge in [-0.1, -0.05) is 38.1 Å². The lowest BCUT2D eigenvalue weighted by molar-refractivity contribution is -0.384. The lowest BCUT2D eigenvalue weighted by Gasteiger charge is -2.56. The van der Waals surface area contributed by atoms with Crippen molar-refractivity contribution in [1.82, 2.24) is 24.6 Å². The second-order valence-electron chi connectivity index (χ2n) is 20.0. The molecular weight excluding hydrogens is 915 g/mol. The van der Waals surface area contributed by atoms with Crippen LogP contribution in [0.2, 0.25) is 0 Å². The predicted molar refractivity (Wildman–Crippen MR) is 268 cm³/mol. The zero-order valence-corrected chi connectivity index (χ0v) is 41.1. The number of piperidine rings is 1. The van der Waals surface area contributed by atoms with E-state index >= 15 is 0 Å². The van der Waals surface area contributed by atoms with Crippen molar-refractivity contribution in [2.45, 2.75) is 120 Å². The predicted octanol–water partition coefficient (Wildman–Crippen LogP) is 9.72. The van der Waals surface area contributed by atoms with Crippen molar-refractivity contribution in [3.05, 3.63) is 106 Å². The summed E-state index contributed by atoms with van der Waals surface area (Å²) in [6.45, 7) is 7.03. The largest absolute Gasteiger partial charge is 0.455 e. The summed E-state index contributed by atoms with van der Waals surface area (Å²) in [6.07, 6.45) is 17.1. The number of H-pyrrole nitrogens is 1. The van der Waals surface area contributed by atoms with E-state index in [2.05, 4.69) is 63.4 Å². The number of likely N-dealkylation sites (tertiary alicyclic amines) is 1. The van der Waals surface area contributed by atoms with Crippen molar-refractivity contribution in [2.24, 2.45) is 15.7 Å². The maximum Gasteiger partial charge on any atom is 0.312 e. The molecule has 3 N–H and O–H groups in total. The topological polar surface area (TPSA) is 205 Å². The number of hydrogen-bond acceptors (Lipinski definition) is 13. The smallest absolute Gasteiger partial charge is 0.312 e. The van der Waals surface area contributed by atoms with Crippen LogP contribution in [0.3, 0.4) is 0 Å². The highest BCUT2D eigenvalue weighted by Gasteiger charge is 2.50. The highest BCUT2D eigenvalue weighted by molar-refractivity contribution is 7.93. The number of nitrogens with one attached hydrogen (secondary N) is 3. The molecule has 3 saturated carbocycles. The van der Waals surface area contributed by atoms with Crippen molar-refractivity contribution in [2.75, 3.05) is 47.9 Å². The van der Waals surface area contributed by atoms with Crippen LogP contribution in [-0.2, 0) is 19.8 Å². The average molecular weight is 978 g/mol. The zero-order valence-electron chi connectivity index (χ0n) is 39.5. The lowest BCUT2D eigenvalue weighted by atomic mass is 9.59. The first kappa shape index (κ1) is 47.1. The number of aromatic nitrogens is 3. The molecule has 5 aliphatic rings. The Hall–Kier alpha value is -5.59. The van der Waals surface area contributed by atoms with Gasteiger partial charge in [-0.05, 0) is 136 Å². The number of nitrogens with zero attached hydrogens (tertiary/aromatic N) is 6. The number of carbonyl (C=O) groups excluding carboxylic acids is 1. The fourth-order valence-electron chi connectivity index (χ4n) is 11.5.